The molecule has 0 aliphatic carbocycles. The molecule has 0 spiro atoms. The Bertz CT molecular complexity index is 679. The van der Waals surface area contributed by atoms with Gasteiger partial charge >= 0.3 is 10.2 Å². The summed E-state index contributed by atoms with van der Waals surface area (Å²) in [7, 11) is -7.12. The van der Waals surface area contributed by atoms with Crippen molar-refractivity contribution in [2.75, 3.05) is 7.05 Å². The number of nitrogens with zero attached hydrogens (tertiary/aromatic N) is 1. The van der Waals surface area contributed by atoms with Crippen LogP contribution in [0.4, 0.5) is 3.89 Å². The van der Waals surface area contributed by atoms with Gasteiger partial charge in [0.05, 0.1) is 9.79 Å². The van der Waals surface area contributed by atoms with Gasteiger partial charge in [0.15, 0.2) is 0 Å². The number of sulfonamides is 1. The lowest BCUT2D eigenvalue weighted by Gasteiger charge is -2.33. The molecule has 0 saturated carbocycles. The molecule has 20 heavy (non-hydrogen) atoms. The molecule has 8 heteroatoms. The maximum atomic E-state index is 12.8. The zero-order valence-electron chi connectivity index (χ0n) is 11.8. The molecule has 0 heterocycles. The molecule has 0 atom stereocenters. The predicted octanol–water partition coefficient (Wildman–Crippen LogP) is 2.15. The van der Waals surface area contributed by atoms with Crippen LogP contribution in [0.15, 0.2) is 34.1 Å². The zero-order valence-corrected chi connectivity index (χ0v) is 13.4. The first-order valence-corrected chi connectivity index (χ1v) is 8.79. The smallest absolute Gasteiger partial charge is 0.207 e. The van der Waals surface area contributed by atoms with Crippen LogP contribution in [-0.4, -0.2) is 33.7 Å². The second kappa shape index (κ2) is 5.42. The van der Waals surface area contributed by atoms with E-state index in [0.717, 1.165) is 24.3 Å². The Morgan fingerprint density at radius 2 is 1.45 bits per heavy atom. The Morgan fingerprint density at radius 1 is 1.05 bits per heavy atom. The van der Waals surface area contributed by atoms with E-state index in [9.17, 15) is 20.7 Å². The summed E-state index contributed by atoms with van der Waals surface area (Å²) >= 11 is 0. The van der Waals surface area contributed by atoms with Crippen molar-refractivity contribution in [1.82, 2.24) is 4.31 Å². The second-order valence-electron chi connectivity index (χ2n) is 5.05. The molecule has 0 aromatic heterocycles. The third-order valence-electron chi connectivity index (χ3n) is 3.48. The van der Waals surface area contributed by atoms with Gasteiger partial charge in [0.25, 0.3) is 0 Å². The average molecular weight is 323 g/mol. The molecule has 0 radical (unpaired) electrons. The maximum absolute atomic E-state index is 12.8. The molecule has 1 aromatic carbocycles. The van der Waals surface area contributed by atoms with Crippen LogP contribution < -0.4 is 0 Å². The van der Waals surface area contributed by atoms with Gasteiger partial charge in [-0.15, -0.1) is 3.89 Å². The molecule has 5 nitrogen and oxygen atoms in total. The van der Waals surface area contributed by atoms with Crippen LogP contribution in [0.3, 0.4) is 0 Å². The Morgan fingerprint density at radius 3 is 1.80 bits per heavy atom. The second-order valence-corrected chi connectivity index (χ2v) is 8.36. The highest BCUT2D eigenvalue weighted by Crippen LogP contribution is 2.26. The van der Waals surface area contributed by atoms with E-state index in [1.165, 1.54) is 11.4 Å². The first-order valence-electron chi connectivity index (χ1n) is 5.96. The number of halogens is 1. The van der Waals surface area contributed by atoms with Gasteiger partial charge in [-0.2, -0.15) is 12.7 Å². The van der Waals surface area contributed by atoms with E-state index in [4.69, 9.17) is 0 Å². The van der Waals surface area contributed by atoms with Crippen molar-refractivity contribution in [2.45, 2.75) is 42.5 Å². The lowest BCUT2D eigenvalue weighted by molar-refractivity contribution is 0.257. The fraction of sp³-hybridized carbons (Fsp3) is 0.500. The topological polar surface area (TPSA) is 71.5 Å². The number of benzene rings is 1. The molecule has 114 valence electrons. The number of hydrogen-bond donors (Lipinski definition) is 0. The lowest BCUT2D eigenvalue weighted by Crippen LogP contribution is -2.44. The van der Waals surface area contributed by atoms with E-state index < -0.39 is 30.7 Å². The SMILES string of the molecule is CCC(C)(C)N(C)S(=O)(=O)c1ccc(S(=O)(=O)F)cc1. The Balaban J connectivity index is 3.25. The monoisotopic (exact) mass is 323 g/mol. The van der Waals surface area contributed by atoms with Crippen molar-refractivity contribution in [1.29, 1.82) is 0 Å². The molecule has 1 aromatic rings. The van der Waals surface area contributed by atoms with Crippen molar-refractivity contribution in [3.05, 3.63) is 24.3 Å². The average Bonchev–Trinajstić information content (AvgIpc) is 2.37. The molecule has 0 amide bonds. The predicted molar refractivity (Wildman–Crippen MR) is 74.1 cm³/mol. The minimum Gasteiger partial charge on any atom is -0.207 e. The van der Waals surface area contributed by atoms with E-state index in [1.807, 2.05) is 6.92 Å². The van der Waals surface area contributed by atoms with E-state index in [1.54, 1.807) is 13.8 Å². The van der Waals surface area contributed by atoms with E-state index >= 15 is 0 Å². The van der Waals surface area contributed by atoms with Gasteiger partial charge < -0.3 is 0 Å². The molecule has 0 saturated heterocycles. The Hall–Kier alpha value is -0.990. The van der Waals surface area contributed by atoms with Gasteiger partial charge in [-0.25, -0.2) is 8.42 Å². The fourth-order valence-corrected chi connectivity index (χ4v) is 3.52. The largest absolute Gasteiger partial charge is 0.332 e. The first kappa shape index (κ1) is 17.1. The Labute approximate surface area is 119 Å². The fourth-order valence-electron chi connectivity index (χ4n) is 1.48. The third-order valence-corrected chi connectivity index (χ3v) is 6.40. The first-order chi connectivity index (χ1) is 8.93. The molecule has 0 fully saturated rings. The van der Waals surface area contributed by atoms with Crippen molar-refractivity contribution < 1.29 is 20.7 Å². The maximum Gasteiger partial charge on any atom is 0.332 e. The summed E-state index contributed by atoms with van der Waals surface area (Å²) in [4.78, 5) is -0.636. The standard InChI is InChI=1S/C12H18FNO4S2/c1-5-12(2,3)14(4)20(17,18)11-8-6-10(7-9-11)19(13,15)16/h6-9H,5H2,1-4H3. The highest BCUT2D eigenvalue weighted by atomic mass is 32.3. The summed E-state index contributed by atoms with van der Waals surface area (Å²) in [6.07, 6.45) is 0.611. The van der Waals surface area contributed by atoms with Crippen LogP contribution in [0, 0.1) is 0 Å². The van der Waals surface area contributed by atoms with E-state index in [-0.39, 0.29) is 4.90 Å². The molecule has 0 aliphatic rings. The minimum absolute atomic E-state index is 0.0751. The van der Waals surface area contributed by atoms with Crippen LogP contribution >= 0.6 is 0 Å². The van der Waals surface area contributed by atoms with Crippen LogP contribution in [0.5, 0.6) is 0 Å². The summed E-state index contributed by atoms with van der Waals surface area (Å²) in [5, 5.41) is 0. The molecule has 0 bridgehead atoms. The molecule has 0 unspecified atom stereocenters. The lowest BCUT2D eigenvalue weighted by atomic mass is 10.0. The van der Waals surface area contributed by atoms with Gasteiger partial charge in [-0.05, 0) is 44.5 Å². The molecular formula is C12H18FNO4S2. The van der Waals surface area contributed by atoms with Crippen molar-refractivity contribution in [2.24, 2.45) is 0 Å². The van der Waals surface area contributed by atoms with Gasteiger partial charge in [-0.3, -0.25) is 0 Å². The van der Waals surface area contributed by atoms with Gasteiger partial charge in [0.1, 0.15) is 0 Å². The van der Waals surface area contributed by atoms with Gasteiger partial charge in [-0.1, -0.05) is 6.92 Å². The normalized spacial score (nSPS) is 13.7. The van der Waals surface area contributed by atoms with Crippen LogP contribution in [-0.2, 0) is 20.2 Å². The minimum atomic E-state index is -4.83. The highest BCUT2D eigenvalue weighted by molar-refractivity contribution is 7.89. The summed E-state index contributed by atoms with van der Waals surface area (Å²) in [6.45, 7) is 5.43. The van der Waals surface area contributed by atoms with Crippen LogP contribution in [0.25, 0.3) is 0 Å². The summed E-state index contributed by atoms with van der Waals surface area (Å²) in [5.41, 5.74) is -0.580. The molecule has 1 rings (SSSR count). The Kier molecular flexibility index (Phi) is 4.62. The van der Waals surface area contributed by atoms with Crippen molar-refractivity contribution in [3.63, 3.8) is 0 Å². The van der Waals surface area contributed by atoms with Crippen LogP contribution in [0.1, 0.15) is 27.2 Å². The zero-order chi connectivity index (χ0) is 15.8. The van der Waals surface area contributed by atoms with Gasteiger partial charge in [0, 0.05) is 12.6 Å². The van der Waals surface area contributed by atoms with Crippen LogP contribution in [0.2, 0.25) is 0 Å². The highest BCUT2D eigenvalue weighted by Gasteiger charge is 2.32. The van der Waals surface area contributed by atoms with Gasteiger partial charge in [0.2, 0.25) is 10.0 Å². The number of rotatable bonds is 5. The quantitative estimate of drug-likeness (QED) is 0.779. The van der Waals surface area contributed by atoms with E-state index in [0.29, 0.717) is 6.42 Å². The van der Waals surface area contributed by atoms with E-state index in [2.05, 4.69) is 0 Å². The molecule has 0 aliphatic heterocycles. The van der Waals surface area contributed by atoms with Crippen molar-refractivity contribution >= 4 is 20.2 Å². The summed E-state index contributed by atoms with van der Waals surface area (Å²) in [5.74, 6) is 0. The molecule has 0 N–H and O–H groups in total. The third kappa shape index (κ3) is 3.36. The number of hydrogen-bond acceptors (Lipinski definition) is 4. The molecular weight excluding hydrogens is 305 g/mol. The summed E-state index contributed by atoms with van der Waals surface area (Å²) < 4.78 is 60.2. The van der Waals surface area contributed by atoms with Crippen molar-refractivity contribution in [3.8, 4) is 0 Å². The summed E-state index contributed by atoms with van der Waals surface area (Å²) in [6, 6.07) is 4.05.